The number of hydrogen-bond donors (Lipinski definition) is 1. The number of carbonyl (C=O) groups excluding carboxylic acids is 1. The molecule has 102 valence electrons. The summed E-state index contributed by atoms with van der Waals surface area (Å²) in [5.41, 5.74) is 0.203. The quantitative estimate of drug-likeness (QED) is 0.293. The number of nitro benzene ring substituents is 1. The number of esters is 1. The summed E-state index contributed by atoms with van der Waals surface area (Å²) in [7, 11) is 1.16. The van der Waals surface area contributed by atoms with Crippen LogP contribution >= 0.6 is 15.9 Å². The fourth-order valence-corrected chi connectivity index (χ4v) is 1.83. The summed E-state index contributed by atoms with van der Waals surface area (Å²) in [5.74, 6) is -0.762. The molecule has 0 spiro atoms. The van der Waals surface area contributed by atoms with Gasteiger partial charge in [-0.05, 0) is 12.5 Å². The maximum absolute atomic E-state index is 11.2. The second-order valence-electron chi connectivity index (χ2n) is 3.57. The number of aryl methyl sites for hydroxylation is 1. The van der Waals surface area contributed by atoms with Gasteiger partial charge in [-0.15, -0.1) is 0 Å². The molecule has 1 aromatic rings. The molecule has 0 aromatic heterocycles. The van der Waals surface area contributed by atoms with Gasteiger partial charge < -0.3 is 9.94 Å². The van der Waals surface area contributed by atoms with E-state index in [1.807, 2.05) is 0 Å². The minimum absolute atomic E-state index is 0.0473. The lowest BCUT2D eigenvalue weighted by atomic mass is 10.1. The first-order valence-electron chi connectivity index (χ1n) is 5.21. The van der Waals surface area contributed by atoms with Gasteiger partial charge in [0, 0.05) is 22.5 Å². The third-order valence-corrected chi connectivity index (χ3v) is 2.91. The predicted molar refractivity (Wildman–Crippen MR) is 70.4 cm³/mol. The lowest BCUT2D eigenvalue weighted by Crippen LogP contribution is -2.16. The Morgan fingerprint density at radius 1 is 1.58 bits per heavy atom. The molecule has 0 aliphatic carbocycles. The summed E-state index contributed by atoms with van der Waals surface area (Å²) in [6, 6.07) is 4.62. The van der Waals surface area contributed by atoms with E-state index in [9.17, 15) is 14.9 Å². The van der Waals surface area contributed by atoms with Crippen LogP contribution in [0.4, 0.5) is 5.69 Å². The highest BCUT2D eigenvalue weighted by atomic mass is 79.9. The van der Waals surface area contributed by atoms with Gasteiger partial charge in [-0.25, -0.2) is 4.79 Å². The Balaban J connectivity index is 2.89. The van der Waals surface area contributed by atoms with Gasteiger partial charge in [0.25, 0.3) is 5.69 Å². The second-order valence-corrected chi connectivity index (χ2v) is 4.48. The van der Waals surface area contributed by atoms with Crippen LogP contribution in [0.25, 0.3) is 0 Å². The van der Waals surface area contributed by atoms with Crippen LogP contribution in [-0.2, 0) is 16.0 Å². The van der Waals surface area contributed by atoms with Crippen molar-refractivity contribution in [1.29, 1.82) is 0 Å². The van der Waals surface area contributed by atoms with Crippen molar-refractivity contribution in [2.45, 2.75) is 12.8 Å². The summed E-state index contributed by atoms with van der Waals surface area (Å²) in [6.07, 6.45) is 0.240. The van der Waals surface area contributed by atoms with Crippen LogP contribution in [-0.4, -0.2) is 28.9 Å². The van der Waals surface area contributed by atoms with Crippen molar-refractivity contribution in [3.63, 3.8) is 0 Å². The van der Waals surface area contributed by atoms with Crippen LogP contribution in [0.5, 0.6) is 0 Å². The minimum Gasteiger partial charge on any atom is -0.464 e. The lowest BCUT2D eigenvalue weighted by Gasteiger charge is -2.04. The molecular weight excluding hydrogens is 320 g/mol. The number of nitro groups is 1. The molecule has 0 unspecified atom stereocenters. The van der Waals surface area contributed by atoms with E-state index in [0.717, 1.165) is 7.11 Å². The third-order valence-electron chi connectivity index (χ3n) is 2.42. The first kappa shape index (κ1) is 15.1. The van der Waals surface area contributed by atoms with Crippen LogP contribution in [0.3, 0.4) is 0 Å². The number of oxime groups is 1. The molecule has 0 fully saturated rings. The molecule has 8 heteroatoms. The standard InChI is InChI=1S/C11H11BrN2O5/c1-19-11(15)9(13-16)5-3-7-2-4-8(12)6-10(7)14(17)18/h2,4,6,16H,3,5H2,1H3. The number of methoxy groups -OCH3 is 1. The van der Waals surface area contributed by atoms with Crippen molar-refractivity contribution in [2.75, 3.05) is 7.11 Å². The summed E-state index contributed by atoms with van der Waals surface area (Å²) in [4.78, 5) is 21.6. The van der Waals surface area contributed by atoms with Crippen molar-refractivity contribution >= 4 is 33.3 Å². The van der Waals surface area contributed by atoms with Crippen LogP contribution in [0, 0.1) is 10.1 Å². The molecule has 0 atom stereocenters. The highest BCUT2D eigenvalue weighted by molar-refractivity contribution is 9.10. The van der Waals surface area contributed by atoms with E-state index in [0.29, 0.717) is 10.0 Å². The topological polar surface area (TPSA) is 102 Å². The normalized spacial score (nSPS) is 11.2. The van der Waals surface area contributed by atoms with Crippen molar-refractivity contribution in [3.8, 4) is 0 Å². The average molecular weight is 331 g/mol. The maximum atomic E-state index is 11.2. The molecule has 0 aliphatic heterocycles. The summed E-state index contributed by atoms with van der Waals surface area (Å²) in [6.45, 7) is 0. The highest BCUT2D eigenvalue weighted by Gasteiger charge is 2.17. The van der Waals surface area contributed by atoms with Crippen molar-refractivity contribution < 1.29 is 19.7 Å². The molecule has 0 aliphatic rings. The fourth-order valence-electron chi connectivity index (χ4n) is 1.48. The van der Waals surface area contributed by atoms with Gasteiger partial charge >= 0.3 is 5.97 Å². The smallest absolute Gasteiger partial charge is 0.355 e. The zero-order chi connectivity index (χ0) is 14.4. The van der Waals surface area contributed by atoms with Crippen molar-refractivity contribution in [1.82, 2.24) is 0 Å². The Hall–Kier alpha value is -1.96. The van der Waals surface area contributed by atoms with Crippen LogP contribution < -0.4 is 0 Å². The molecule has 0 radical (unpaired) electrons. The molecule has 0 saturated heterocycles. The van der Waals surface area contributed by atoms with Crippen LogP contribution in [0.15, 0.2) is 27.8 Å². The number of ether oxygens (including phenoxy) is 1. The van der Waals surface area contributed by atoms with E-state index < -0.39 is 10.9 Å². The number of benzene rings is 1. The first-order valence-corrected chi connectivity index (χ1v) is 6.01. The van der Waals surface area contributed by atoms with E-state index in [2.05, 4.69) is 25.8 Å². The molecule has 19 heavy (non-hydrogen) atoms. The first-order chi connectivity index (χ1) is 8.99. The molecule has 0 bridgehead atoms. The Morgan fingerprint density at radius 2 is 2.26 bits per heavy atom. The van der Waals surface area contributed by atoms with Gasteiger partial charge in [-0.1, -0.05) is 27.2 Å². The minimum atomic E-state index is -0.762. The largest absolute Gasteiger partial charge is 0.464 e. The predicted octanol–water partition coefficient (Wildman–Crippen LogP) is 2.29. The van der Waals surface area contributed by atoms with Gasteiger partial charge in [-0.3, -0.25) is 10.1 Å². The summed E-state index contributed by atoms with van der Waals surface area (Å²) in [5, 5.41) is 22.4. The molecular formula is C11H11BrN2O5. The van der Waals surface area contributed by atoms with Gasteiger partial charge in [0.1, 0.15) is 0 Å². The van der Waals surface area contributed by atoms with E-state index in [4.69, 9.17) is 5.21 Å². The molecule has 0 heterocycles. The highest BCUT2D eigenvalue weighted by Crippen LogP contribution is 2.24. The van der Waals surface area contributed by atoms with Crippen molar-refractivity contribution in [2.24, 2.45) is 5.16 Å². The monoisotopic (exact) mass is 330 g/mol. The Labute approximate surface area is 117 Å². The molecule has 0 saturated carbocycles. The summed E-state index contributed by atoms with van der Waals surface area (Å²) >= 11 is 3.15. The van der Waals surface area contributed by atoms with Gasteiger partial charge in [0.2, 0.25) is 0 Å². The number of carbonyl (C=O) groups is 1. The van der Waals surface area contributed by atoms with E-state index in [-0.39, 0.29) is 24.2 Å². The van der Waals surface area contributed by atoms with E-state index >= 15 is 0 Å². The van der Waals surface area contributed by atoms with Crippen molar-refractivity contribution in [3.05, 3.63) is 38.3 Å². The Morgan fingerprint density at radius 3 is 2.79 bits per heavy atom. The van der Waals surface area contributed by atoms with Crippen LogP contribution in [0.1, 0.15) is 12.0 Å². The van der Waals surface area contributed by atoms with E-state index in [1.165, 1.54) is 6.07 Å². The van der Waals surface area contributed by atoms with E-state index in [1.54, 1.807) is 12.1 Å². The average Bonchev–Trinajstić information content (AvgIpc) is 2.40. The summed E-state index contributed by atoms with van der Waals surface area (Å²) < 4.78 is 5.01. The maximum Gasteiger partial charge on any atom is 0.355 e. The Kier molecular flexibility index (Phi) is 5.43. The number of nitrogens with zero attached hydrogens (tertiary/aromatic N) is 2. The molecule has 1 rings (SSSR count). The molecule has 1 N–H and O–H groups in total. The van der Waals surface area contributed by atoms with Crippen LogP contribution in [0.2, 0.25) is 0 Å². The second kappa shape index (κ2) is 6.83. The molecule has 0 amide bonds. The SMILES string of the molecule is COC(=O)C(CCc1ccc(Br)cc1[N+](=O)[O-])=NO. The third kappa shape index (κ3) is 4.02. The van der Waals surface area contributed by atoms with Gasteiger partial charge in [0.15, 0.2) is 5.71 Å². The number of halogens is 1. The lowest BCUT2D eigenvalue weighted by molar-refractivity contribution is -0.385. The zero-order valence-electron chi connectivity index (χ0n) is 10.00. The fraction of sp³-hybridized carbons (Fsp3) is 0.273. The van der Waals surface area contributed by atoms with Gasteiger partial charge in [-0.2, -0.15) is 0 Å². The molecule has 7 nitrogen and oxygen atoms in total. The molecule has 1 aromatic carbocycles. The zero-order valence-corrected chi connectivity index (χ0v) is 11.6. The number of hydrogen-bond acceptors (Lipinski definition) is 6. The Bertz CT molecular complexity index is 530. The number of rotatable bonds is 5. The van der Waals surface area contributed by atoms with Gasteiger partial charge in [0.05, 0.1) is 12.0 Å².